The molecule has 3 unspecified atom stereocenters. The van der Waals surface area contributed by atoms with Gasteiger partial charge in [-0.05, 0) is 88.0 Å². The van der Waals surface area contributed by atoms with Crippen LogP contribution in [0.1, 0.15) is 95.4 Å². The molecule has 2 rings (SSSR count). The van der Waals surface area contributed by atoms with Gasteiger partial charge in [-0.1, -0.05) is 53.0 Å². The fourth-order valence-corrected chi connectivity index (χ4v) is 5.63. The van der Waals surface area contributed by atoms with Crippen LogP contribution in [0.5, 0.6) is 11.5 Å². The lowest BCUT2D eigenvalue weighted by atomic mass is 9.86. The molecule has 0 bridgehead atoms. The normalized spacial score (nSPS) is 20.3. The van der Waals surface area contributed by atoms with Crippen molar-refractivity contribution >= 4 is 7.60 Å². The van der Waals surface area contributed by atoms with Crippen molar-refractivity contribution in [2.24, 2.45) is 11.8 Å². The number of hydrogen-bond acceptors (Lipinski definition) is 3. The summed E-state index contributed by atoms with van der Waals surface area (Å²) >= 11 is 0. The van der Waals surface area contributed by atoms with Gasteiger partial charge in [0.15, 0.2) is 0 Å². The Morgan fingerprint density at radius 1 is 1.12 bits per heavy atom. The SMILES string of the molecule is CCC(CP(=O)(O)O)Oc1c(C)c(C)c2c(c1C)CCC(C)(C=CCC(C)CCCC(C)C)O2. The predicted molar refractivity (Wildman–Crippen MR) is 141 cm³/mol. The van der Waals surface area contributed by atoms with E-state index in [9.17, 15) is 14.4 Å². The topological polar surface area (TPSA) is 76.0 Å². The predicted octanol–water partition coefficient (Wildman–Crippen LogP) is 7.44. The molecule has 34 heavy (non-hydrogen) atoms. The Balaban J connectivity index is 2.16. The minimum absolute atomic E-state index is 0.270. The first-order valence-electron chi connectivity index (χ1n) is 13.0. The zero-order valence-corrected chi connectivity index (χ0v) is 23.5. The fourth-order valence-electron chi connectivity index (χ4n) is 4.77. The van der Waals surface area contributed by atoms with Gasteiger partial charge in [0.05, 0.1) is 6.16 Å². The summed E-state index contributed by atoms with van der Waals surface area (Å²) in [7, 11) is -4.14. The number of fused-ring (bicyclic) bond motifs is 1. The van der Waals surface area contributed by atoms with E-state index in [-0.39, 0.29) is 11.8 Å². The molecule has 0 spiro atoms. The van der Waals surface area contributed by atoms with E-state index in [0.717, 1.165) is 58.9 Å². The van der Waals surface area contributed by atoms with E-state index in [4.69, 9.17) is 9.47 Å². The van der Waals surface area contributed by atoms with Gasteiger partial charge in [-0.15, -0.1) is 0 Å². The quantitative estimate of drug-likeness (QED) is 0.233. The van der Waals surface area contributed by atoms with Crippen LogP contribution in [0.15, 0.2) is 12.2 Å². The van der Waals surface area contributed by atoms with Gasteiger partial charge in [-0.25, -0.2) is 0 Å². The molecule has 0 saturated heterocycles. The Labute approximate surface area is 207 Å². The van der Waals surface area contributed by atoms with Crippen molar-refractivity contribution in [1.29, 1.82) is 0 Å². The molecule has 1 heterocycles. The van der Waals surface area contributed by atoms with E-state index in [0.29, 0.717) is 12.3 Å². The van der Waals surface area contributed by atoms with E-state index in [1.807, 2.05) is 20.8 Å². The van der Waals surface area contributed by atoms with Gasteiger partial charge in [0.2, 0.25) is 0 Å². The number of ether oxygens (including phenoxy) is 2. The molecule has 0 amide bonds. The van der Waals surface area contributed by atoms with Crippen molar-refractivity contribution in [1.82, 2.24) is 0 Å². The third-order valence-corrected chi connectivity index (χ3v) is 8.07. The Morgan fingerprint density at radius 3 is 2.38 bits per heavy atom. The summed E-state index contributed by atoms with van der Waals surface area (Å²) in [5, 5.41) is 0. The molecular formula is C28H47O5P. The second-order valence-electron chi connectivity index (χ2n) is 11.0. The van der Waals surface area contributed by atoms with Crippen molar-refractivity contribution in [3.8, 4) is 11.5 Å². The molecule has 0 fully saturated rings. The Morgan fingerprint density at radius 2 is 1.79 bits per heavy atom. The van der Waals surface area contributed by atoms with Gasteiger partial charge in [-0.3, -0.25) is 4.57 Å². The van der Waals surface area contributed by atoms with Crippen LogP contribution in [-0.4, -0.2) is 27.7 Å². The molecule has 0 aromatic heterocycles. The highest BCUT2D eigenvalue weighted by atomic mass is 31.2. The minimum atomic E-state index is -4.14. The van der Waals surface area contributed by atoms with E-state index in [1.54, 1.807) is 0 Å². The first kappa shape index (κ1) is 28.9. The van der Waals surface area contributed by atoms with Crippen LogP contribution in [0.2, 0.25) is 0 Å². The van der Waals surface area contributed by atoms with E-state index < -0.39 is 13.7 Å². The molecular weight excluding hydrogens is 447 g/mol. The third kappa shape index (κ3) is 8.14. The standard InChI is InChI=1S/C28H47O5P/c1-9-24(18-34(29,30)31)32-26-21(5)22(6)27-25(23(26)7)15-17-28(8,33-27)16-11-14-20(4)13-10-12-19(2)3/h11,16,19-20,24H,9-10,12-15,17-18H2,1-8H3,(H2,29,30,31). The van der Waals surface area contributed by atoms with Crippen LogP contribution in [0.25, 0.3) is 0 Å². The molecule has 194 valence electrons. The Bertz CT molecular complexity index is 901. The monoisotopic (exact) mass is 494 g/mol. The lowest BCUT2D eigenvalue weighted by Gasteiger charge is -2.37. The van der Waals surface area contributed by atoms with Crippen LogP contribution >= 0.6 is 7.60 Å². The first-order valence-corrected chi connectivity index (χ1v) is 14.8. The number of allylic oxidation sites excluding steroid dienone is 1. The Kier molecular flexibility index (Phi) is 10.3. The van der Waals surface area contributed by atoms with E-state index in [2.05, 4.69) is 46.8 Å². The van der Waals surface area contributed by atoms with Crippen molar-refractivity contribution in [2.45, 2.75) is 112 Å². The van der Waals surface area contributed by atoms with Crippen LogP contribution < -0.4 is 9.47 Å². The van der Waals surface area contributed by atoms with Gasteiger partial charge in [0, 0.05) is 5.56 Å². The number of hydrogen-bond donors (Lipinski definition) is 2. The molecule has 2 N–H and O–H groups in total. The maximum absolute atomic E-state index is 11.5. The third-order valence-electron chi connectivity index (χ3n) is 7.19. The van der Waals surface area contributed by atoms with Crippen LogP contribution in [0, 0.1) is 32.6 Å². The second-order valence-corrected chi connectivity index (χ2v) is 12.7. The summed E-state index contributed by atoms with van der Waals surface area (Å²) < 4.78 is 24.3. The minimum Gasteiger partial charge on any atom is -0.489 e. The maximum Gasteiger partial charge on any atom is 0.329 e. The maximum atomic E-state index is 11.5. The molecule has 0 aliphatic carbocycles. The van der Waals surface area contributed by atoms with Crippen LogP contribution in [0.4, 0.5) is 0 Å². The zero-order chi connectivity index (χ0) is 25.7. The van der Waals surface area contributed by atoms with E-state index in [1.165, 1.54) is 19.3 Å². The molecule has 1 aliphatic heterocycles. The summed E-state index contributed by atoms with van der Waals surface area (Å²) in [6.07, 6.45) is 11.0. The van der Waals surface area contributed by atoms with Gasteiger partial charge >= 0.3 is 7.60 Å². The second kappa shape index (κ2) is 12.1. The molecule has 3 atom stereocenters. The van der Waals surface area contributed by atoms with Gasteiger partial charge in [0.1, 0.15) is 23.2 Å². The smallest absolute Gasteiger partial charge is 0.329 e. The highest BCUT2D eigenvalue weighted by Crippen LogP contribution is 2.45. The highest BCUT2D eigenvalue weighted by Gasteiger charge is 2.33. The van der Waals surface area contributed by atoms with Gasteiger partial charge in [0.25, 0.3) is 0 Å². The van der Waals surface area contributed by atoms with Crippen molar-refractivity contribution < 1.29 is 23.8 Å². The summed E-state index contributed by atoms with van der Waals surface area (Å²) in [5.74, 6) is 3.14. The lowest BCUT2D eigenvalue weighted by molar-refractivity contribution is 0.112. The fraction of sp³-hybridized carbons (Fsp3) is 0.714. The number of benzene rings is 1. The molecule has 1 aromatic carbocycles. The molecule has 6 heteroatoms. The molecule has 1 aromatic rings. The average Bonchev–Trinajstić information content (AvgIpc) is 2.73. The van der Waals surface area contributed by atoms with Crippen molar-refractivity contribution in [3.63, 3.8) is 0 Å². The van der Waals surface area contributed by atoms with Gasteiger partial charge in [-0.2, -0.15) is 0 Å². The molecule has 0 saturated carbocycles. The first-order chi connectivity index (χ1) is 15.8. The average molecular weight is 495 g/mol. The lowest BCUT2D eigenvalue weighted by Crippen LogP contribution is -2.35. The van der Waals surface area contributed by atoms with Crippen LogP contribution in [-0.2, 0) is 11.0 Å². The summed E-state index contributed by atoms with van der Waals surface area (Å²) in [6, 6.07) is 0. The summed E-state index contributed by atoms with van der Waals surface area (Å²) in [4.78, 5) is 18.8. The zero-order valence-electron chi connectivity index (χ0n) is 22.6. The largest absolute Gasteiger partial charge is 0.489 e. The Hall–Kier alpha value is -1.29. The van der Waals surface area contributed by atoms with Crippen molar-refractivity contribution in [2.75, 3.05) is 6.16 Å². The number of rotatable bonds is 12. The summed E-state index contributed by atoms with van der Waals surface area (Å²) in [6.45, 7) is 17.1. The molecule has 5 nitrogen and oxygen atoms in total. The van der Waals surface area contributed by atoms with Gasteiger partial charge < -0.3 is 19.3 Å². The van der Waals surface area contributed by atoms with E-state index >= 15 is 0 Å². The molecule has 0 radical (unpaired) electrons. The van der Waals surface area contributed by atoms with Crippen LogP contribution in [0.3, 0.4) is 0 Å². The molecule has 1 aliphatic rings. The highest BCUT2D eigenvalue weighted by molar-refractivity contribution is 7.51. The van der Waals surface area contributed by atoms with Crippen molar-refractivity contribution in [3.05, 3.63) is 34.4 Å². The summed E-state index contributed by atoms with van der Waals surface area (Å²) in [5.41, 5.74) is 3.86.